The molecule has 2 aromatic heterocycles. The molecular formula is C27H29FN4O4. The number of aliphatic hydroxyl groups excluding tert-OH is 1. The fourth-order valence-corrected chi connectivity index (χ4v) is 5.09. The van der Waals surface area contributed by atoms with Gasteiger partial charge in [0.15, 0.2) is 5.76 Å². The molecule has 8 nitrogen and oxygen atoms in total. The summed E-state index contributed by atoms with van der Waals surface area (Å²) in [4.78, 5) is 34.7. The number of likely N-dealkylation sites (tertiary alicyclic amines) is 1. The van der Waals surface area contributed by atoms with Crippen LogP contribution in [0.2, 0.25) is 0 Å². The summed E-state index contributed by atoms with van der Waals surface area (Å²) >= 11 is 0. The first kappa shape index (κ1) is 24.1. The Labute approximate surface area is 208 Å². The van der Waals surface area contributed by atoms with Gasteiger partial charge in [-0.2, -0.15) is 0 Å². The van der Waals surface area contributed by atoms with Crippen molar-refractivity contribution in [1.29, 1.82) is 0 Å². The number of Topliss-reactive ketones (excluding diaryl/α,β-unsaturated/α-hetero) is 1. The second-order valence-corrected chi connectivity index (χ2v) is 9.25. The third-order valence-corrected chi connectivity index (χ3v) is 7.03. The highest BCUT2D eigenvalue weighted by Gasteiger charge is 2.47. The van der Waals surface area contributed by atoms with Crippen molar-refractivity contribution in [1.82, 2.24) is 19.2 Å². The number of pyridine rings is 1. The van der Waals surface area contributed by atoms with E-state index < -0.39 is 29.3 Å². The Morgan fingerprint density at radius 3 is 2.58 bits per heavy atom. The van der Waals surface area contributed by atoms with Crippen molar-refractivity contribution in [2.45, 2.75) is 26.3 Å². The minimum Gasteiger partial charge on any atom is -0.505 e. The summed E-state index contributed by atoms with van der Waals surface area (Å²) in [7, 11) is 0. The molecule has 188 valence electrons. The highest BCUT2D eigenvalue weighted by molar-refractivity contribution is 6.46. The van der Waals surface area contributed by atoms with Gasteiger partial charge in [-0.15, -0.1) is 0 Å². The van der Waals surface area contributed by atoms with Crippen molar-refractivity contribution in [3.63, 3.8) is 0 Å². The number of aliphatic hydroxyl groups is 1. The number of carbonyl (C=O) groups is 2. The lowest BCUT2D eigenvalue weighted by Gasteiger charge is -2.29. The van der Waals surface area contributed by atoms with E-state index in [0.717, 1.165) is 25.2 Å². The van der Waals surface area contributed by atoms with Crippen molar-refractivity contribution in [3.8, 4) is 0 Å². The summed E-state index contributed by atoms with van der Waals surface area (Å²) in [5, 5.41) is 11.4. The predicted molar refractivity (Wildman–Crippen MR) is 132 cm³/mol. The minimum atomic E-state index is -1.04. The number of ether oxygens (including phenoxy) is 1. The molecule has 0 saturated carbocycles. The van der Waals surface area contributed by atoms with E-state index in [9.17, 15) is 14.7 Å². The number of benzene rings is 1. The number of imidazole rings is 1. The van der Waals surface area contributed by atoms with Crippen LogP contribution in [0.5, 0.6) is 0 Å². The van der Waals surface area contributed by atoms with Crippen LogP contribution in [0.3, 0.4) is 0 Å². The molecule has 1 amide bonds. The van der Waals surface area contributed by atoms with E-state index in [4.69, 9.17) is 4.74 Å². The molecule has 2 saturated heterocycles. The monoisotopic (exact) mass is 492 g/mol. The standard InChI is InChI=1S/C27H29FN4O4/c1-17-7-5-11-31-18(2)22(29-26(17)31)24(33)21-23(19-8-3-4-9-20(19)28)32(27(35)25(21)34)12-6-10-30-13-15-36-16-14-30/h3-5,7-9,11,23,33H,6,10,12-16H2,1-2H3. The summed E-state index contributed by atoms with van der Waals surface area (Å²) in [6.07, 6.45) is 2.42. The maximum atomic E-state index is 15.0. The number of aryl methyl sites for hydroxylation is 2. The van der Waals surface area contributed by atoms with Gasteiger partial charge in [0, 0.05) is 37.9 Å². The van der Waals surface area contributed by atoms with Crippen LogP contribution in [0.4, 0.5) is 4.39 Å². The Morgan fingerprint density at radius 2 is 1.86 bits per heavy atom. The molecule has 0 aliphatic carbocycles. The Bertz CT molecular complexity index is 1360. The Balaban J connectivity index is 1.56. The second kappa shape index (κ2) is 9.83. The number of amides is 1. The molecule has 1 unspecified atom stereocenters. The maximum absolute atomic E-state index is 15.0. The third-order valence-electron chi connectivity index (χ3n) is 7.03. The van der Waals surface area contributed by atoms with Gasteiger partial charge in [0.25, 0.3) is 11.7 Å². The van der Waals surface area contributed by atoms with Crippen LogP contribution in [0.25, 0.3) is 11.4 Å². The number of morpholine rings is 1. The average molecular weight is 493 g/mol. The summed E-state index contributed by atoms with van der Waals surface area (Å²) in [5.74, 6) is -2.52. The smallest absolute Gasteiger partial charge is 0.295 e. The summed E-state index contributed by atoms with van der Waals surface area (Å²) < 4.78 is 22.2. The Hall–Kier alpha value is -3.56. The number of halogens is 1. The molecule has 0 spiro atoms. The molecule has 0 bridgehead atoms. The van der Waals surface area contributed by atoms with Crippen molar-refractivity contribution in [3.05, 3.63) is 76.5 Å². The van der Waals surface area contributed by atoms with E-state index in [2.05, 4.69) is 9.88 Å². The lowest BCUT2D eigenvalue weighted by atomic mass is 9.96. The van der Waals surface area contributed by atoms with Crippen LogP contribution < -0.4 is 0 Å². The quantitative estimate of drug-likeness (QED) is 0.323. The van der Waals surface area contributed by atoms with E-state index in [1.165, 1.54) is 11.0 Å². The first-order valence-electron chi connectivity index (χ1n) is 12.2. The maximum Gasteiger partial charge on any atom is 0.295 e. The zero-order valence-corrected chi connectivity index (χ0v) is 20.4. The van der Waals surface area contributed by atoms with Gasteiger partial charge < -0.3 is 19.1 Å². The van der Waals surface area contributed by atoms with Gasteiger partial charge in [-0.05, 0) is 38.0 Å². The number of hydrogen-bond donors (Lipinski definition) is 1. The fraction of sp³-hybridized carbons (Fsp3) is 0.370. The summed E-state index contributed by atoms with van der Waals surface area (Å²) in [6, 6.07) is 8.79. The van der Waals surface area contributed by atoms with Crippen LogP contribution in [0, 0.1) is 19.7 Å². The van der Waals surface area contributed by atoms with Gasteiger partial charge in [0.2, 0.25) is 0 Å². The second-order valence-electron chi connectivity index (χ2n) is 9.25. The molecule has 2 aliphatic rings. The number of hydrogen-bond acceptors (Lipinski definition) is 6. The molecule has 3 aromatic rings. The lowest BCUT2D eigenvalue weighted by Crippen LogP contribution is -2.39. The van der Waals surface area contributed by atoms with Crippen molar-refractivity contribution < 1.29 is 23.8 Å². The molecule has 36 heavy (non-hydrogen) atoms. The number of carbonyl (C=O) groups excluding carboxylic acids is 2. The van der Waals surface area contributed by atoms with Crippen LogP contribution in [-0.4, -0.2) is 75.4 Å². The van der Waals surface area contributed by atoms with Gasteiger partial charge in [-0.1, -0.05) is 24.3 Å². The highest BCUT2D eigenvalue weighted by atomic mass is 19.1. The van der Waals surface area contributed by atoms with Crippen molar-refractivity contribution in [2.24, 2.45) is 0 Å². The minimum absolute atomic E-state index is 0.138. The number of ketones is 1. The Kier molecular flexibility index (Phi) is 6.59. The first-order valence-corrected chi connectivity index (χ1v) is 12.2. The predicted octanol–water partition coefficient (Wildman–Crippen LogP) is 3.23. The fourth-order valence-electron chi connectivity index (χ4n) is 5.09. The topological polar surface area (TPSA) is 87.4 Å². The van der Waals surface area contributed by atoms with Crippen LogP contribution >= 0.6 is 0 Å². The van der Waals surface area contributed by atoms with Gasteiger partial charge in [-0.3, -0.25) is 14.5 Å². The van der Waals surface area contributed by atoms with E-state index in [1.54, 1.807) is 25.1 Å². The molecule has 1 atom stereocenters. The van der Waals surface area contributed by atoms with E-state index in [0.29, 0.717) is 31.0 Å². The average Bonchev–Trinajstić information content (AvgIpc) is 3.35. The third kappa shape index (κ3) is 4.18. The molecule has 9 heteroatoms. The normalized spacial score (nSPS) is 20.5. The molecule has 4 heterocycles. The molecule has 2 aliphatic heterocycles. The zero-order chi connectivity index (χ0) is 25.4. The number of fused-ring (bicyclic) bond motifs is 1. The molecule has 1 aromatic carbocycles. The van der Waals surface area contributed by atoms with Gasteiger partial charge >= 0.3 is 0 Å². The lowest BCUT2D eigenvalue weighted by molar-refractivity contribution is -0.140. The summed E-state index contributed by atoms with van der Waals surface area (Å²) in [6.45, 7) is 7.60. The Morgan fingerprint density at radius 1 is 1.11 bits per heavy atom. The zero-order valence-electron chi connectivity index (χ0n) is 20.4. The largest absolute Gasteiger partial charge is 0.505 e. The molecule has 1 N–H and O–H groups in total. The molecule has 0 radical (unpaired) electrons. The summed E-state index contributed by atoms with van der Waals surface area (Å²) in [5.41, 5.74) is 2.39. The van der Waals surface area contributed by atoms with Crippen LogP contribution in [0.15, 0.2) is 48.2 Å². The molecule has 2 fully saturated rings. The van der Waals surface area contributed by atoms with Gasteiger partial charge in [-0.25, -0.2) is 9.37 Å². The van der Waals surface area contributed by atoms with E-state index in [-0.39, 0.29) is 23.4 Å². The first-order chi connectivity index (χ1) is 17.4. The van der Waals surface area contributed by atoms with Crippen LogP contribution in [-0.2, 0) is 14.3 Å². The van der Waals surface area contributed by atoms with E-state index >= 15 is 4.39 Å². The van der Waals surface area contributed by atoms with Gasteiger partial charge in [0.1, 0.15) is 17.2 Å². The van der Waals surface area contributed by atoms with E-state index in [1.807, 2.05) is 29.7 Å². The molecule has 5 rings (SSSR count). The van der Waals surface area contributed by atoms with Crippen molar-refractivity contribution >= 4 is 23.1 Å². The number of aromatic nitrogens is 2. The number of rotatable bonds is 6. The number of nitrogens with zero attached hydrogens (tertiary/aromatic N) is 4. The van der Waals surface area contributed by atoms with Gasteiger partial charge in [0.05, 0.1) is 30.5 Å². The van der Waals surface area contributed by atoms with Crippen molar-refractivity contribution in [2.75, 3.05) is 39.4 Å². The SMILES string of the molecule is Cc1cccn2c(C)c(C(O)=C3C(=O)C(=O)N(CCCN4CCOCC4)C3c3ccccc3F)nc12. The molecular weight excluding hydrogens is 463 g/mol. The highest BCUT2D eigenvalue weighted by Crippen LogP contribution is 2.40. The van der Waals surface area contributed by atoms with Crippen LogP contribution in [0.1, 0.15) is 35.0 Å².